The third-order valence-corrected chi connectivity index (χ3v) is 5.49. The van der Waals surface area contributed by atoms with Crippen molar-refractivity contribution >= 4 is 11.8 Å². The van der Waals surface area contributed by atoms with Crippen molar-refractivity contribution in [2.24, 2.45) is 0 Å². The lowest BCUT2D eigenvalue weighted by Gasteiger charge is -2.28. The first-order valence-electron chi connectivity index (χ1n) is 9.76. The van der Waals surface area contributed by atoms with E-state index in [0.29, 0.717) is 26.1 Å². The van der Waals surface area contributed by atoms with Crippen LogP contribution in [-0.2, 0) is 22.6 Å². The molecule has 0 bridgehead atoms. The summed E-state index contributed by atoms with van der Waals surface area (Å²) in [6, 6.07) is 6.03. The first-order valence-corrected chi connectivity index (χ1v) is 9.76. The molecular formula is C21H23FN4O3. The Morgan fingerprint density at radius 2 is 2.07 bits per heavy atom. The molecule has 29 heavy (non-hydrogen) atoms. The number of hydrogen-bond donors (Lipinski definition) is 0. The lowest BCUT2D eigenvalue weighted by Crippen LogP contribution is -2.39. The minimum Gasteiger partial charge on any atom is -0.481 e. The van der Waals surface area contributed by atoms with E-state index in [2.05, 4.69) is 4.98 Å². The highest BCUT2D eigenvalue weighted by Crippen LogP contribution is 2.26. The summed E-state index contributed by atoms with van der Waals surface area (Å²) in [6.45, 7) is 3.72. The van der Waals surface area contributed by atoms with Crippen LogP contribution in [0.4, 0.5) is 4.39 Å². The van der Waals surface area contributed by atoms with Crippen LogP contribution in [0.3, 0.4) is 0 Å². The zero-order chi connectivity index (χ0) is 20.4. The Balaban J connectivity index is 1.37. The summed E-state index contributed by atoms with van der Waals surface area (Å²) in [5, 5.41) is 0. The van der Waals surface area contributed by atoms with Gasteiger partial charge >= 0.3 is 0 Å². The molecule has 2 aliphatic heterocycles. The molecule has 2 aliphatic rings. The molecule has 0 spiro atoms. The third-order valence-electron chi connectivity index (χ3n) is 5.49. The Morgan fingerprint density at radius 1 is 1.24 bits per heavy atom. The van der Waals surface area contributed by atoms with Crippen molar-refractivity contribution in [2.75, 3.05) is 26.2 Å². The number of fused-ring (bicyclic) bond motifs is 1. The Hall–Kier alpha value is -3.03. The van der Waals surface area contributed by atoms with Crippen LogP contribution in [0, 0.1) is 5.82 Å². The molecule has 152 valence electrons. The number of hydrogen-bond acceptors (Lipinski definition) is 5. The van der Waals surface area contributed by atoms with Gasteiger partial charge in [-0.1, -0.05) is 12.1 Å². The molecule has 1 fully saturated rings. The summed E-state index contributed by atoms with van der Waals surface area (Å²) >= 11 is 0. The van der Waals surface area contributed by atoms with E-state index in [0.717, 1.165) is 30.0 Å². The summed E-state index contributed by atoms with van der Waals surface area (Å²) in [5.41, 5.74) is 1.87. The van der Waals surface area contributed by atoms with E-state index in [1.54, 1.807) is 30.2 Å². The average molecular weight is 398 g/mol. The number of carbonyl (C=O) groups is 2. The van der Waals surface area contributed by atoms with Gasteiger partial charge < -0.3 is 14.5 Å². The minimum atomic E-state index is -0.486. The maximum Gasteiger partial charge on any atom is 0.260 e. The van der Waals surface area contributed by atoms with Crippen LogP contribution in [0.25, 0.3) is 0 Å². The van der Waals surface area contributed by atoms with Crippen molar-refractivity contribution in [1.82, 2.24) is 19.8 Å². The minimum absolute atomic E-state index is 0.0717. The van der Waals surface area contributed by atoms with Crippen LogP contribution >= 0.6 is 0 Å². The number of carbonyl (C=O) groups excluding carboxylic acids is 2. The van der Waals surface area contributed by atoms with Gasteiger partial charge in [0.05, 0.1) is 5.69 Å². The molecule has 1 saturated heterocycles. The second kappa shape index (κ2) is 8.14. The van der Waals surface area contributed by atoms with Gasteiger partial charge in [-0.3, -0.25) is 9.59 Å². The molecule has 1 aromatic heterocycles. The number of likely N-dealkylation sites (tertiary alicyclic amines) is 1. The maximum atomic E-state index is 13.6. The van der Waals surface area contributed by atoms with E-state index in [1.165, 1.54) is 12.1 Å². The Labute approximate surface area is 168 Å². The number of aromatic nitrogens is 2. The smallest absolute Gasteiger partial charge is 0.260 e. The van der Waals surface area contributed by atoms with Gasteiger partial charge in [0.2, 0.25) is 5.91 Å². The molecule has 8 heteroatoms. The van der Waals surface area contributed by atoms with Crippen molar-refractivity contribution in [3.8, 4) is 5.75 Å². The molecule has 1 atom stereocenters. The summed E-state index contributed by atoms with van der Waals surface area (Å²) in [6.07, 6.45) is 3.29. The summed E-state index contributed by atoms with van der Waals surface area (Å²) in [4.78, 5) is 36.7. The number of amides is 2. The quantitative estimate of drug-likeness (QED) is 0.787. The molecule has 2 aromatic rings. The van der Waals surface area contributed by atoms with Crippen LogP contribution in [0.5, 0.6) is 5.75 Å². The van der Waals surface area contributed by atoms with Gasteiger partial charge in [0, 0.05) is 57.2 Å². The highest BCUT2D eigenvalue weighted by atomic mass is 19.1. The molecular weight excluding hydrogens is 375 g/mol. The van der Waals surface area contributed by atoms with Crippen molar-refractivity contribution in [3.63, 3.8) is 0 Å². The van der Waals surface area contributed by atoms with Crippen molar-refractivity contribution in [3.05, 3.63) is 53.4 Å². The van der Waals surface area contributed by atoms with Crippen molar-refractivity contribution in [1.29, 1.82) is 0 Å². The molecule has 0 radical (unpaired) electrons. The molecule has 3 heterocycles. The number of rotatable bonds is 4. The van der Waals surface area contributed by atoms with Crippen LogP contribution in [0.1, 0.15) is 36.3 Å². The number of nitrogens with zero attached hydrogens (tertiary/aromatic N) is 4. The van der Waals surface area contributed by atoms with E-state index in [9.17, 15) is 14.0 Å². The second-order valence-corrected chi connectivity index (χ2v) is 7.44. The first-order chi connectivity index (χ1) is 14.0. The average Bonchev–Trinajstić information content (AvgIpc) is 3.23. The van der Waals surface area contributed by atoms with Gasteiger partial charge in [-0.2, -0.15) is 0 Å². The third kappa shape index (κ3) is 4.21. The van der Waals surface area contributed by atoms with Gasteiger partial charge in [-0.15, -0.1) is 0 Å². The second-order valence-electron chi connectivity index (χ2n) is 7.44. The predicted molar refractivity (Wildman–Crippen MR) is 103 cm³/mol. The normalized spacial score (nSPS) is 18.5. The lowest BCUT2D eigenvalue weighted by molar-refractivity contribution is -0.134. The number of ether oxygens (including phenoxy) is 1. The molecule has 4 rings (SSSR count). The lowest BCUT2D eigenvalue weighted by atomic mass is 10.0. The fourth-order valence-corrected chi connectivity index (χ4v) is 3.79. The molecule has 0 unspecified atom stereocenters. The Bertz CT molecular complexity index is 936. The number of benzene rings is 1. The predicted octanol–water partition coefficient (Wildman–Crippen LogP) is 1.92. The molecule has 7 nitrogen and oxygen atoms in total. The van der Waals surface area contributed by atoms with E-state index >= 15 is 0 Å². The monoisotopic (exact) mass is 398 g/mol. The van der Waals surface area contributed by atoms with Gasteiger partial charge in [0.25, 0.3) is 5.91 Å². The van der Waals surface area contributed by atoms with Gasteiger partial charge in [0.1, 0.15) is 5.82 Å². The SMILES string of the molecule is CC(=O)N1CC[C@@H](c2ncc3c(n2)CCN(C(=O)COc2ccccc2F)C3)C1. The Kier molecular flexibility index (Phi) is 5.42. The molecule has 0 N–H and O–H groups in total. The van der Waals surface area contributed by atoms with Crippen LogP contribution in [0.15, 0.2) is 30.5 Å². The zero-order valence-electron chi connectivity index (χ0n) is 16.3. The highest BCUT2D eigenvalue weighted by Gasteiger charge is 2.29. The largest absolute Gasteiger partial charge is 0.481 e. The van der Waals surface area contributed by atoms with Crippen molar-refractivity contribution < 1.29 is 18.7 Å². The fraction of sp³-hybridized carbons (Fsp3) is 0.429. The van der Waals surface area contributed by atoms with Gasteiger partial charge in [0.15, 0.2) is 18.2 Å². The summed E-state index contributed by atoms with van der Waals surface area (Å²) < 4.78 is 19.0. The Morgan fingerprint density at radius 3 is 2.83 bits per heavy atom. The highest BCUT2D eigenvalue weighted by molar-refractivity contribution is 5.78. The molecule has 1 aromatic carbocycles. The standard InChI is InChI=1S/C21H23FN4O3/c1-14(27)25-8-6-15(11-25)21-23-10-16-12-26(9-7-18(16)24-21)20(28)13-29-19-5-3-2-4-17(19)22/h2-5,10,15H,6-9,11-13H2,1H3/t15-/m1/s1. The summed E-state index contributed by atoms with van der Waals surface area (Å²) in [5.74, 6) is 0.407. The number of halogens is 1. The van der Waals surface area contributed by atoms with Gasteiger partial charge in [-0.05, 0) is 18.6 Å². The zero-order valence-corrected chi connectivity index (χ0v) is 16.3. The topological polar surface area (TPSA) is 75.6 Å². The maximum absolute atomic E-state index is 13.6. The van der Waals surface area contributed by atoms with E-state index in [-0.39, 0.29) is 30.1 Å². The molecule has 2 amide bonds. The molecule has 0 saturated carbocycles. The van der Waals surface area contributed by atoms with Crippen LogP contribution in [-0.4, -0.2) is 57.8 Å². The van der Waals surface area contributed by atoms with Crippen LogP contribution in [0.2, 0.25) is 0 Å². The van der Waals surface area contributed by atoms with Crippen LogP contribution < -0.4 is 4.74 Å². The fourth-order valence-electron chi connectivity index (χ4n) is 3.79. The number of para-hydroxylation sites is 1. The van der Waals surface area contributed by atoms with E-state index in [4.69, 9.17) is 9.72 Å². The van der Waals surface area contributed by atoms with E-state index < -0.39 is 5.82 Å². The van der Waals surface area contributed by atoms with E-state index in [1.807, 2.05) is 4.90 Å². The summed E-state index contributed by atoms with van der Waals surface area (Å²) in [7, 11) is 0. The van der Waals surface area contributed by atoms with Crippen molar-refractivity contribution in [2.45, 2.75) is 32.2 Å². The van der Waals surface area contributed by atoms with Gasteiger partial charge in [-0.25, -0.2) is 14.4 Å². The molecule has 0 aliphatic carbocycles. The first kappa shape index (κ1) is 19.3.